The minimum absolute atomic E-state index is 0.175. The molecule has 2 N–H and O–H groups in total. The van der Waals surface area contributed by atoms with Gasteiger partial charge in [0, 0.05) is 16.7 Å². The van der Waals surface area contributed by atoms with Gasteiger partial charge in [-0.2, -0.15) is 0 Å². The Bertz CT molecular complexity index is 623. The van der Waals surface area contributed by atoms with Crippen LogP contribution in [0.25, 0.3) is 0 Å². The van der Waals surface area contributed by atoms with E-state index in [0.29, 0.717) is 10.8 Å². The summed E-state index contributed by atoms with van der Waals surface area (Å²) in [6.07, 6.45) is 3.68. The standard InChI is InChI=1S/C17H18ClNS/c18-8-11-12-6-15(10-4-2-1-3-5-10)9-16(14(19)20)7-13(11)17(12,15)16/h1-5,11-13H,6-9H2,(H2,19,20). The van der Waals surface area contributed by atoms with Gasteiger partial charge in [-0.1, -0.05) is 42.5 Å². The van der Waals surface area contributed by atoms with Crippen molar-refractivity contribution in [1.29, 1.82) is 0 Å². The van der Waals surface area contributed by atoms with Crippen LogP contribution in [0.5, 0.6) is 0 Å². The van der Waals surface area contributed by atoms with Crippen LogP contribution in [-0.4, -0.2) is 10.9 Å². The predicted molar refractivity (Wildman–Crippen MR) is 84.8 cm³/mol. The molecule has 6 atom stereocenters. The van der Waals surface area contributed by atoms with Crippen molar-refractivity contribution in [2.45, 2.75) is 24.7 Å². The van der Waals surface area contributed by atoms with Gasteiger partial charge < -0.3 is 5.73 Å². The molecule has 5 rings (SSSR count). The molecule has 3 heteroatoms. The van der Waals surface area contributed by atoms with Gasteiger partial charge >= 0.3 is 0 Å². The summed E-state index contributed by atoms with van der Waals surface area (Å²) in [5, 5.41) is 0. The summed E-state index contributed by atoms with van der Waals surface area (Å²) >= 11 is 11.7. The maximum Gasteiger partial charge on any atom is 0.0796 e. The molecule has 0 heterocycles. The van der Waals surface area contributed by atoms with Gasteiger partial charge in [0.15, 0.2) is 0 Å². The van der Waals surface area contributed by atoms with Crippen molar-refractivity contribution in [2.75, 3.05) is 5.88 Å². The van der Waals surface area contributed by atoms with E-state index in [2.05, 4.69) is 30.3 Å². The molecule has 0 amide bonds. The molecule has 0 aliphatic heterocycles. The van der Waals surface area contributed by atoms with Crippen molar-refractivity contribution in [1.82, 2.24) is 0 Å². The highest BCUT2D eigenvalue weighted by molar-refractivity contribution is 7.80. The van der Waals surface area contributed by atoms with Crippen LogP contribution in [0.15, 0.2) is 30.3 Å². The van der Waals surface area contributed by atoms with Crippen molar-refractivity contribution in [3.05, 3.63) is 35.9 Å². The van der Waals surface area contributed by atoms with Crippen molar-refractivity contribution < 1.29 is 0 Å². The number of rotatable bonds is 3. The number of benzene rings is 1. The average molecular weight is 304 g/mol. The molecule has 104 valence electrons. The van der Waals surface area contributed by atoms with Crippen molar-refractivity contribution >= 4 is 28.8 Å². The van der Waals surface area contributed by atoms with Gasteiger partial charge in [0.1, 0.15) is 0 Å². The van der Waals surface area contributed by atoms with Gasteiger partial charge in [0.25, 0.3) is 0 Å². The summed E-state index contributed by atoms with van der Waals surface area (Å²) in [4.78, 5) is 0.776. The van der Waals surface area contributed by atoms with Gasteiger partial charge in [-0.05, 0) is 48.0 Å². The summed E-state index contributed by atoms with van der Waals surface area (Å²) < 4.78 is 0. The van der Waals surface area contributed by atoms with Crippen LogP contribution in [0.1, 0.15) is 24.8 Å². The molecule has 1 aromatic rings. The number of halogens is 1. The molecule has 4 aliphatic carbocycles. The predicted octanol–water partition coefficient (Wildman–Crippen LogP) is 3.50. The second-order valence-electron chi connectivity index (χ2n) is 7.38. The smallest absolute Gasteiger partial charge is 0.0796 e. The summed E-state index contributed by atoms with van der Waals surface area (Å²) in [6.45, 7) is 0. The maximum absolute atomic E-state index is 6.20. The minimum Gasteiger partial charge on any atom is -0.393 e. The fourth-order valence-corrected chi connectivity index (χ4v) is 7.86. The molecular formula is C17H18ClNS. The van der Waals surface area contributed by atoms with Crippen molar-refractivity contribution in [3.8, 4) is 0 Å². The molecule has 0 bridgehead atoms. The third-order valence-electron chi connectivity index (χ3n) is 7.50. The van der Waals surface area contributed by atoms with Gasteiger partial charge in [-0.25, -0.2) is 0 Å². The SMILES string of the molecule is NC(=S)C12CC3C(CCl)C4CC(c5ccccc5)(C1)C342. The quantitative estimate of drug-likeness (QED) is 0.683. The lowest BCUT2D eigenvalue weighted by atomic mass is 9.06. The summed E-state index contributed by atoms with van der Waals surface area (Å²) in [6, 6.07) is 11.0. The summed E-state index contributed by atoms with van der Waals surface area (Å²) in [7, 11) is 0. The molecule has 0 aromatic heterocycles. The van der Waals surface area contributed by atoms with Crippen LogP contribution in [0.2, 0.25) is 0 Å². The lowest BCUT2D eigenvalue weighted by Crippen LogP contribution is -2.96. The third-order valence-corrected chi connectivity index (χ3v) is 8.25. The minimum atomic E-state index is 0.175. The molecular weight excluding hydrogens is 286 g/mol. The summed E-state index contributed by atoms with van der Waals surface area (Å²) in [5.74, 6) is 3.08. The Labute approximate surface area is 129 Å². The molecule has 6 unspecified atom stereocenters. The summed E-state index contributed by atoms with van der Waals surface area (Å²) in [5.41, 5.74) is 8.61. The largest absolute Gasteiger partial charge is 0.393 e. The first kappa shape index (κ1) is 12.0. The van der Waals surface area contributed by atoms with Gasteiger partial charge in [-0.15, -0.1) is 11.6 Å². The molecule has 1 aromatic carbocycles. The first-order valence-electron chi connectivity index (χ1n) is 7.55. The van der Waals surface area contributed by atoms with E-state index in [0.717, 1.165) is 28.6 Å². The Balaban J connectivity index is 1.62. The van der Waals surface area contributed by atoms with E-state index in [1.165, 1.54) is 24.8 Å². The Morgan fingerprint density at radius 2 is 1.95 bits per heavy atom. The van der Waals surface area contributed by atoms with Crippen LogP contribution >= 0.6 is 23.8 Å². The van der Waals surface area contributed by atoms with Gasteiger partial charge in [0.05, 0.1) is 4.99 Å². The fraction of sp³-hybridized carbons (Fsp3) is 0.588. The molecule has 1 nitrogen and oxygen atoms in total. The highest BCUT2D eigenvalue weighted by atomic mass is 35.5. The Hall–Kier alpha value is -0.600. The fourth-order valence-electron chi connectivity index (χ4n) is 7.11. The molecule has 0 radical (unpaired) electrons. The lowest BCUT2D eigenvalue weighted by molar-refractivity contribution is -0.446. The van der Waals surface area contributed by atoms with E-state index in [1.807, 2.05) is 0 Å². The molecule has 4 saturated carbocycles. The number of alkyl halides is 1. The molecule has 4 fully saturated rings. The van der Waals surface area contributed by atoms with E-state index in [-0.39, 0.29) is 5.41 Å². The lowest BCUT2D eigenvalue weighted by Gasteiger charge is -2.97. The van der Waals surface area contributed by atoms with E-state index >= 15 is 0 Å². The van der Waals surface area contributed by atoms with Crippen LogP contribution in [0, 0.1) is 28.6 Å². The van der Waals surface area contributed by atoms with Crippen LogP contribution in [-0.2, 0) is 5.41 Å². The van der Waals surface area contributed by atoms with E-state index in [4.69, 9.17) is 29.6 Å². The number of hydrogen-bond donors (Lipinski definition) is 1. The number of thiocarbonyl (C=S) groups is 1. The highest BCUT2D eigenvalue weighted by Crippen LogP contribution is 2.98. The number of hydrogen-bond acceptors (Lipinski definition) is 1. The molecule has 1 spiro atoms. The third kappa shape index (κ3) is 0.823. The van der Waals surface area contributed by atoms with Crippen LogP contribution < -0.4 is 5.73 Å². The second kappa shape index (κ2) is 3.25. The maximum atomic E-state index is 6.20. The highest BCUT2D eigenvalue weighted by Gasteiger charge is 2.96. The van der Waals surface area contributed by atoms with Crippen LogP contribution in [0.3, 0.4) is 0 Å². The molecule has 4 aliphatic rings. The second-order valence-corrected chi connectivity index (χ2v) is 8.13. The van der Waals surface area contributed by atoms with Crippen molar-refractivity contribution in [2.24, 2.45) is 34.3 Å². The van der Waals surface area contributed by atoms with Gasteiger partial charge in [0.2, 0.25) is 0 Å². The van der Waals surface area contributed by atoms with E-state index in [1.54, 1.807) is 0 Å². The monoisotopic (exact) mass is 303 g/mol. The first-order valence-corrected chi connectivity index (χ1v) is 8.50. The molecule has 0 saturated heterocycles. The first-order chi connectivity index (χ1) is 9.64. The normalized spacial score (nSPS) is 53.4. The van der Waals surface area contributed by atoms with E-state index in [9.17, 15) is 0 Å². The van der Waals surface area contributed by atoms with Crippen molar-refractivity contribution in [3.63, 3.8) is 0 Å². The Morgan fingerprint density at radius 1 is 1.25 bits per heavy atom. The topological polar surface area (TPSA) is 26.0 Å². The Morgan fingerprint density at radius 3 is 2.55 bits per heavy atom. The Kier molecular flexibility index (Phi) is 1.95. The van der Waals surface area contributed by atoms with E-state index < -0.39 is 0 Å². The zero-order chi connectivity index (χ0) is 13.8. The molecule has 20 heavy (non-hydrogen) atoms. The van der Waals surface area contributed by atoms with Crippen LogP contribution in [0.4, 0.5) is 0 Å². The van der Waals surface area contributed by atoms with Gasteiger partial charge in [-0.3, -0.25) is 0 Å². The number of nitrogens with two attached hydrogens (primary N) is 1. The average Bonchev–Trinajstić information content (AvgIpc) is 2.37. The zero-order valence-electron chi connectivity index (χ0n) is 11.3. The zero-order valence-corrected chi connectivity index (χ0v) is 12.9.